The van der Waals surface area contributed by atoms with Crippen molar-refractivity contribution in [3.63, 3.8) is 0 Å². The zero-order valence-electron chi connectivity index (χ0n) is 6.71. The van der Waals surface area contributed by atoms with E-state index in [1.165, 1.54) is 0 Å². The fourth-order valence-electron chi connectivity index (χ4n) is 0.479. The average molecular weight is 181 g/mol. The molecule has 1 N–H and O–H groups in total. The van der Waals surface area contributed by atoms with Crippen LogP contribution < -0.4 is 0 Å². The second-order valence-electron chi connectivity index (χ2n) is 2.42. The van der Waals surface area contributed by atoms with Crippen LogP contribution in [0.15, 0.2) is 0 Å². The Morgan fingerprint density at radius 2 is 2.36 bits per heavy atom. The Bertz CT molecular complexity index is 127. The van der Waals surface area contributed by atoms with Gasteiger partial charge in [0.25, 0.3) is 0 Å². The predicted octanol–water partition coefficient (Wildman–Crippen LogP) is 0.928. The van der Waals surface area contributed by atoms with E-state index in [1.54, 1.807) is 13.8 Å². The van der Waals surface area contributed by atoms with Crippen molar-refractivity contribution in [3.05, 3.63) is 0 Å². The Kier molecular flexibility index (Phi) is 4.65. The van der Waals surface area contributed by atoms with E-state index in [9.17, 15) is 4.79 Å². The summed E-state index contributed by atoms with van der Waals surface area (Å²) in [7, 11) is 0. The third-order valence-electron chi connectivity index (χ3n) is 1.22. The Hall–Kier alpha value is -0.120. The summed E-state index contributed by atoms with van der Waals surface area (Å²) in [5.74, 6) is 0. The van der Waals surface area contributed by atoms with Gasteiger partial charge in [0, 0.05) is 0 Å². The maximum Gasteiger partial charge on any atom is 0.196 e. The van der Waals surface area contributed by atoms with Crippen molar-refractivity contribution in [3.8, 4) is 0 Å². The Morgan fingerprint density at radius 3 is 2.64 bits per heavy atom. The molecule has 0 fully saturated rings. The fourth-order valence-corrected chi connectivity index (χ4v) is 0.542. The highest BCUT2D eigenvalue weighted by molar-refractivity contribution is 6.30. The first-order valence-corrected chi connectivity index (χ1v) is 3.89. The molecule has 0 rings (SSSR count). The summed E-state index contributed by atoms with van der Waals surface area (Å²) in [6.45, 7) is 3.39. The number of hydrogen-bond donors (Lipinski definition) is 1. The first-order valence-electron chi connectivity index (χ1n) is 3.51. The van der Waals surface area contributed by atoms with E-state index < -0.39 is 11.2 Å². The Morgan fingerprint density at radius 1 is 1.82 bits per heavy atom. The zero-order valence-corrected chi connectivity index (χ0v) is 7.47. The Balaban J connectivity index is 3.78. The van der Waals surface area contributed by atoms with E-state index in [0.29, 0.717) is 12.7 Å². The van der Waals surface area contributed by atoms with Crippen molar-refractivity contribution >= 4 is 17.9 Å². The minimum atomic E-state index is -1.25. The van der Waals surface area contributed by atoms with Gasteiger partial charge in [-0.25, -0.2) is 0 Å². The van der Waals surface area contributed by atoms with E-state index in [-0.39, 0.29) is 6.61 Å². The van der Waals surface area contributed by atoms with E-state index in [2.05, 4.69) is 0 Å². The molecular weight excluding hydrogens is 168 g/mol. The largest absolute Gasteiger partial charge is 0.391 e. The molecule has 0 aromatic carbocycles. The number of ether oxygens (including phenoxy) is 1. The highest BCUT2D eigenvalue weighted by Crippen LogP contribution is 2.18. The van der Waals surface area contributed by atoms with Crippen molar-refractivity contribution in [2.45, 2.75) is 31.4 Å². The number of aliphatic hydroxyl groups is 1. The van der Waals surface area contributed by atoms with Crippen LogP contribution in [0.1, 0.15) is 20.3 Å². The number of rotatable bonds is 5. The molecule has 0 aliphatic rings. The molecule has 2 atom stereocenters. The summed E-state index contributed by atoms with van der Waals surface area (Å²) in [4.78, 5) is 10.3. The maximum atomic E-state index is 10.3. The quantitative estimate of drug-likeness (QED) is 0.506. The smallest absolute Gasteiger partial charge is 0.196 e. The molecule has 4 heteroatoms. The Labute approximate surface area is 71.3 Å². The summed E-state index contributed by atoms with van der Waals surface area (Å²) in [5.41, 5.74) is 0. The van der Waals surface area contributed by atoms with Crippen LogP contribution in [0.4, 0.5) is 0 Å². The first-order chi connectivity index (χ1) is 5.04. The molecule has 0 aromatic rings. The number of aliphatic hydroxyl groups excluding tert-OH is 1. The standard InChI is InChI=1S/C7H13ClO3/c1-3-7(8,5-9)11-4-6(2)10/h5-6,10H,3-4H2,1-2H3. The van der Waals surface area contributed by atoms with Gasteiger partial charge < -0.3 is 9.84 Å². The highest BCUT2D eigenvalue weighted by atomic mass is 35.5. The van der Waals surface area contributed by atoms with Crippen molar-refractivity contribution in [2.75, 3.05) is 6.61 Å². The second-order valence-corrected chi connectivity index (χ2v) is 3.06. The molecule has 0 aliphatic carbocycles. The SMILES string of the molecule is CCC(Cl)(C=O)OCC(C)O. The number of alkyl halides is 1. The number of hydrogen-bond acceptors (Lipinski definition) is 3. The molecular formula is C7H13ClO3. The van der Waals surface area contributed by atoms with E-state index in [0.717, 1.165) is 0 Å². The van der Waals surface area contributed by atoms with Gasteiger partial charge in [-0.15, -0.1) is 0 Å². The van der Waals surface area contributed by atoms with E-state index in [1.807, 2.05) is 0 Å². The minimum Gasteiger partial charge on any atom is -0.391 e. The van der Waals surface area contributed by atoms with Gasteiger partial charge in [0.15, 0.2) is 11.3 Å². The van der Waals surface area contributed by atoms with Crippen molar-refractivity contribution in [2.24, 2.45) is 0 Å². The molecule has 0 saturated carbocycles. The number of carbonyl (C=O) groups excluding carboxylic acids is 1. The first kappa shape index (κ1) is 10.9. The van der Waals surface area contributed by atoms with E-state index >= 15 is 0 Å². The molecule has 0 spiro atoms. The van der Waals surface area contributed by atoms with Crippen LogP contribution in [0.3, 0.4) is 0 Å². The summed E-state index contributed by atoms with van der Waals surface area (Å²) in [5, 5.41) is 7.55. The van der Waals surface area contributed by atoms with E-state index in [4.69, 9.17) is 21.4 Å². The van der Waals surface area contributed by atoms with Gasteiger partial charge in [0.05, 0.1) is 12.7 Å². The predicted molar refractivity (Wildman–Crippen MR) is 42.6 cm³/mol. The molecule has 0 aliphatic heterocycles. The molecule has 11 heavy (non-hydrogen) atoms. The van der Waals surface area contributed by atoms with Crippen LogP contribution in [0.2, 0.25) is 0 Å². The third kappa shape index (κ3) is 4.35. The number of aldehydes is 1. The van der Waals surface area contributed by atoms with Gasteiger partial charge in [-0.1, -0.05) is 18.5 Å². The van der Waals surface area contributed by atoms with Gasteiger partial charge in [-0.05, 0) is 13.3 Å². The highest BCUT2D eigenvalue weighted by Gasteiger charge is 2.25. The lowest BCUT2D eigenvalue weighted by Crippen LogP contribution is -2.29. The normalized spacial score (nSPS) is 18.9. The average Bonchev–Trinajstić information content (AvgIpc) is 2.00. The van der Waals surface area contributed by atoms with Gasteiger partial charge in [-0.2, -0.15) is 0 Å². The van der Waals surface area contributed by atoms with Crippen LogP contribution in [-0.4, -0.2) is 29.2 Å². The summed E-state index contributed by atoms with van der Waals surface area (Å²) in [6.07, 6.45) is 0.335. The molecule has 0 saturated heterocycles. The molecule has 3 nitrogen and oxygen atoms in total. The van der Waals surface area contributed by atoms with Gasteiger partial charge in [-0.3, -0.25) is 4.79 Å². The zero-order chi connectivity index (χ0) is 8.91. The maximum absolute atomic E-state index is 10.3. The molecule has 0 radical (unpaired) electrons. The van der Waals surface area contributed by atoms with Gasteiger partial charge in [0.1, 0.15) is 0 Å². The molecule has 0 amide bonds. The third-order valence-corrected chi connectivity index (χ3v) is 1.69. The monoisotopic (exact) mass is 180 g/mol. The lowest BCUT2D eigenvalue weighted by Gasteiger charge is -2.19. The molecule has 0 bridgehead atoms. The van der Waals surface area contributed by atoms with Crippen LogP contribution in [-0.2, 0) is 9.53 Å². The van der Waals surface area contributed by atoms with Crippen LogP contribution >= 0.6 is 11.6 Å². The number of carbonyl (C=O) groups is 1. The molecule has 2 unspecified atom stereocenters. The molecule has 66 valence electrons. The summed E-state index contributed by atoms with van der Waals surface area (Å²) < 4.78 is 4.94. The second kappa shape index (κ2) is 4.70. The number of halogens is 1. The van der Waals surface area contributed by atoms with Crippen LogP contribution in [0.5, 0.6) is 0 Å². The topological polar surface area (TPSA) is 46.5 Å². The lowest BCUT2D eigenvalue weighted by molar-refractivity contribution is -0.124. The van der Waals surface area contributed by atoms with Crippen molar-refractivity contribution < 1.29 is 14.6 Å². The molecule has 0 aromatic heterocycles. The lowest BCUT2D eigenvalue weighted by atomic mass is 10.3. The molecule has 0 heterocycles. The van der Waals surface area contributed by atoms with Crippen molar-refractivity contribution in [1.82, 2.24) is 0 Å². The fraction of sp³-hybridized carbons (Fsp3) is 0.857. The summed E-state index contributed by atoms with van der Waals surface area (Å²) in [6, 6.07) is 0. The minimum absolute atomic E-state index is 0.0794. The van der Waals surface area contributed by atoms with Crippen LogP contribution in [0, 0.1) is 0 Å². The van der Waals surface area contributed by atoms with Gasteiger partial charge >= 0.3 is 0 Å². The van der Waals surface area contributed by atoms with Crippen molar-refractivity contribution in [1.29, 1.82) is 0 Å². The van der Waals surface area contributed by atoms with Crippen LogP contribution in [0.25, 0.3) is 0 Å². The van der Waals surface area contributed by atoms with Gasteiger partial charge in [0.2, 0.25) is 0 Å². The summed E-state index contributed by atoms with van der Waals surface area (Å²) >= 11 is 5.65.